The molecule has 0 N–H and O–H groups in total. The molecule has 122 valence electrons. The molecular formula is C16H18N2O5. The van der Waals surface area contributed by atoms with Gasteiger partial charge in [0.25, 0.3) is 11.2 Å². The minimum atomic E-state index is -0.801. The number of esters is 1. The van der Waals surface area contributed by atoms with E-state index in [0.29, 0.717) is 17.5 Å². The smallest absolute Gasteiger partial charge is 0.328 e. The molecule has 0 aliphatic carbocycles. The Morgan fingerprint density at radius 1 is 1.35 bits per heavy atom. The van der Waals surface area contributed by atoms with Crippen LogP contribution in [0.25, 0.3) is 10.9 Å². The predicted molar refractivity (Wildman–Crippen MR) is 85.4 cm³/mol. The monoisotopic (exact) mass is 318 g/mol. The lowest BCUT2D eigenvalue weighted by Gasteiger charge is -2.16. The van der Waals surface area contributed by atoms with Crippen LogP contribution in [-0.4, -0.2) is 22.1 Å². The molecule has 23 heavy (non-hydrogen) atoms. The van der Waals surface area contributed by atoms with Crippen LogP contribution in [-0.2, 0) is 9.53 Å². The molecule has 1 heterocycles. The summed E-state index contributed by atoms with van der Waals surface area (Å²) in [6.07, 6.45) is 1.66. The molecule has 0 spiro atoms. The molecule has 1 aromatic carbocycles. The maximum atomic E-state index is 12.1. The second-order valence-electron chi connectivity index (χ2n) is 5.24. The molecule has 0 aliphatic rings. The molecule has 1 unspecified atom stereocenters. The number of aromatic nitrogens is 1. The van der Waals surface area contributed by atoms with Crippen molar-refractivity contribution in [2.45, 2.75) is 32.7 Å². The molecule has 0 bridgehead atoms. The topological polar surface area (TPSA) is 91.4 Å². The molecule has 0 aliphatic heterocycles. The fourth-order valence-corrected chi connectivity index (χ4v) is 2.31. The van der Waals surface area contributed by atoms with Crippen LogP contribution in [0, 0.1) is 10.1 Å². The first-order chi connectivity index (χ1) is 11.0. The summed E-state index contributed by atoms with van der Waals surface area (Å²) < 4.78 is 6.46. The number of nitro benzene ring substituents is 1. The minimum Gasteiger partial charge on any atom is -0.464 e. The summed E-state index contributed by atoms with van der Waals surface area (Å²) in [5, 5.41) is 11.4. The van der Waals surface area contributed by atoms with Gasteiger partial charge in [0.2, 0.25) is 0 Å². The van der Waals surface area contributed by atoms with E-state index in [2.05, 4.69) is 0 Å². The molecule has 2 aromatic rings. The minimum absolute atomic E-state index is 0.0686. The molecule has 0 amide bonds. The number of nitrogens with zero attached hydrogens (tertiary/aromatic N) is 2. The molecule has 7 nitrogen and oxygen atoms in total. The van der Waals surface area contributed by atoms with Crippen molar-refractivity contribution >= 4 is 22.6 Å². The van der Waals surface area contributed by atoms with E-state index in [4.69, 9.17) is 4.74 Å². The van der Waals surface area contributed by atoms with Gasteiger partial charge in [0, 0.05) is 23.6 Å². The number of fused-ring (bicyclic) bond motifs is 1. The summed E-state index contributed by atoms with van der Waals surface area (Å²) in [6, 6.07) is 6.17. The molecule has 0 saturated carbocycles. The van der Waals surface area contributed by atoms with Gasteiger partial charge in [-0.15, -0.1) is 0 Å². The van der Waals surface area contributed by atoms with Gasteiger partial charge in [-0.1, -0.05) is 13.3 Å². The molecular weight excluding hydrogens is 300 g/mol. The van der Waals surface area contributed by atoms with Crippen LogP contribution in [0.15, 0.2) is 35.1 Å². The SMILES string of the molecule is CCCCOC(=O)C(C)n1c(=O)ccc2cc([N+](=O)[O-])ccc21. The van der Waals surface area contributed by atoms with Gasteiger partial charge in [0.15, 0.2) is 0 Å². The molecule has 1 aromatic heterocycles. The van der Waals surface area contributed by atoms with Crippen LogP contribution in [0.2, 0.25) is 0 Å². The van der Waals surface area contributed by atoms with Crippen molar-refractivity contribution in [2.75, 3.05) is 6.61 Å². The number of non-ortho nitro benzene ring substituents is 1. The normalized spacial score (nSPS) is 12.1. The number of hydrogen-bond donors (Lipinski definition) is 0. The second-order valence-corrected chi connectivity index (χ2v) is 5.24. The van der Waals surface area contributed by atoms with Crippen molar-refractivity contribution in [3.05, 3.63) is 50.8 Å². The largest absolute Gasteiger partial charge is 0.464 e. The summed E-state index contributed by atoms with van der Waals surface area (Å²) >= 11 is 0. The van der Waals surface area contributed by atoms with Crippen molar-refractivity contribution in [1.82, 2.24) is 4.57 Å². The van der Waals surface area contributed by atoms with Gasteiger partial charge in [-0.3, -0.25) is 19.5 Å². The Labute approximate surface area is 132 Å². The number of hydrogen-bond acceptors (Lipinski definition) is 5. The highest BCUT2D eigenvalue weighted by molar-refractivity contribution is 5.84. The highest BCUT2D eigenvalue weighted by Crippen LogP contribution is 2.22. The summed E-state index contributed by atoms with van der Waals surface area (Å²) in [4.78, 5) is 34.6. The zero-order valence-electron chi connectivity index (χ0n) is 13.0. The first kappa shape index (κ1) is 16.7. The van der Waals surface area contributed by atoms with Crippen molar-refractivity contribution in [3.63, 3.8) is 0 Å². The third-order valence-electron chi connectivity index (χ3n) is 3.59. The quantitative estimate of drug-likeness (QED) is 0.353. The van der Waals surface area contributed by atoms with Gasteiger partial charge in [0.1, 0.15) is 6.04 Å². The standard InChI is InChI=1S/C16H18N2O5/c1-3-4-9-23-16(20)11(2)17-14-7-6-13(18(21)22)10-12(14)5-8-15(17)19/h5-8,10-11H,3-4,9H2,1-2H3. The van der Waals surface area contributed by atoms with Crippen molar-refractivity contribution in [3.8, 4) is 0 Å². The average Bonchev–Trinajstić information content (AvgIpc) is 2.53. The lowest BCUT2D eigenvalue weighted by Crippen LogP contribution is -2.29. The average molecular weight is 318 g/mol. The highest BCUT2D eigenvalue weighted by atomic mass is 16.6. The van der Waals surface area contributed by atoms with Crippen molar-refractivity contribution in [2.24, 2.45) is 0 Å². The first-order valence-electron chi connectivity index (χ1n) is 7.42. The fraction of sp³-hybridized carbons (Fsp3) is 0.375. The van der Waals surface area contributed by atoms with Gasteiger partial charge >= 0.3 is 5.97 Å². The van der Waals surface area contributed by atoms with Gasteiger partial charge in [-0.05, 0) is 25.5 Å². The zero-order chi connectivity index (χ0) is 17.0. The van der Waals surface area contributed by atoms with Crippen molar-refractivity contribution in [1.29, 1.82) is 0 Å². The molecule has 0 saturated heterocycles. The third kappa shape index (κ3) is 3.56. The van der Waals surface area contributed by atoms with Crippen LogP contribution >= 0.6 is 0 Å². The maximum absolute atomic E-state index is 12.1. The van der Waals surface area contributed by atoms with Crippen LogP contribution in [0.4, 0.5) is 5.69 Å². The molecule has 0 radical (unpaired) electrons. The first-order valence-corrected chi connectivity index (χ1v) is 7.42. The molecule has 1 atom stereocenters. The van der Waals surface area contributed by atoms with Gasteiger partial charge in [-0.2, -0.15) is 0 Å². The maximum Gasteiger partial charge on any atom is 0.328 e. The number of pyridine rings is 1. The Hall–Kier alpha value is -2.70. The second kappa shape index (κ2) is 7.04. The number of ether oxygens (including phenoxy) is 1. The van der Waals surface area contributed by atoms with Gasteiger partial charge in [-0.25, -0.2) is 4.79 Å². The van der Waals surface area contributed by atoms with Gasteiger partial charge in [0.05, 0.1) is 17.0 Å². The summed E-state index contributed by atoms with van der Waals surface area (Å²) in [5.74, 6) is -0.494. The third-order valence-corrected chi connectivity index (χ3v) is 3.59. The number of carbonyl (C=O) groups is 1. The van der Waals surface area contributed by atoms with Gasteiger partial charge < -0.3 is 4.74 Å². The van der Waals surface area contributed by atoms with E-state index < -0.39 is 16.9 Å². The Kier molecular flexibility index (Phi) is 5.10. The van der Waals surface area contributed by atoms with E-state index in [1.54, 1.807) is 6.92 Å². The Balaban J connectivity index is 2.42. The number of nitro groups is 1. The predicted octanol–water partition coefficient (Wildman–Crippen LogP) is 2.81. The molecule has 0 fully saturated rings. The van der Waals surface area contributed by atoms with E-state index in [9.17, 15) is 19.7 Å². The highest BCUT2D eigenvalue weighted by Gasteiger charge is 2.20. The van der Waals surface area contributed by atoms with Crippen LogP contribution in [0.3, 0.4) is 0 Å². The van der Waals surface area contributed by atoms with E-state index in [-0.39, 0.29) is 11.2 Å². The molecule has 2 rings (SSSR count). The van der Waals surface area contributed by atoms with E-state index in [0.717, 1.165) is 12.8 Å². The van der Waals surface area contributed by atoms with Crippen LogP contribution in [0.1, 0.15) is 32.7 Å². The zero-order valence-corrected chi connectivity index (χ0v) is 13.0. The number of carbonyl (C=O) groups excluding carboxylic acids is 1. The summed E-state index contributed by atoms with van der Waals surface area (Å²) in [7, 11) is 0. The Bertz CT molecular complexity index is 797. The van der Waals surface area contributed by atoms with E-state index >= 15 is 0 Å². The fourth-order valence-electron chi connectivity index (χ4n) is 2.31. The summed E-state index contributed by atoms with van der Waals surface area (Å²) in [5.41, 5.74) is 0.0372. The van der Waals surface area contributed by atoms with Crippen molar-refractivity contribution < 1.29 is 14.5 Å². The number of benzene rings is 1. The lowest BCUT2D eigenvalue weighted by molar-refractivity contribution is -0.384. The van der Waals surface area contributed by atoms with E-state index in [1.807, 2.05) is 6.92 Å². The lowest BCUT2D eigenvalue weighted by atomic mass is 10.1. The van der Waals surface area contributed by atoms with E-state index in [1.165, 1.54) is 34.9 Å². The number of unbranched alkanes of at least 4 members (excludes halogenated alkanes) is 1. The Morgan fingerprint density at radius 2 is 2.09 bits per heavy atom. The van der Waals surface area contributed by atoms with Crippen LogP contribution in [0.5, 0.6) is 0 Å². The van der Waals surface area contributed by atoms with Crippen LogP contribution < -0.4 is 5.56 Å². The number of rotatable bonds is 6. The summed E-state index contributed by atoms with van der Waals surface area (Å²) in [6.45, 7) is 3.88. The molecule has 7 heteroatoms. The Morgan fingerprint density at radius 3 is 2.74 bits per heavy atom.